The van der Waals surface area contributed by atoms with Crippen molar-refractivity contribution in [3.8, 4) is 11.5 Å². The molecule has 0 aliphatic carbocycles. The zero-order valence-corrected chi connectivity index (χ0v) is 10.3. The molecule has 0 saturated carbocycles. The summed E-state index contributed by atoms with van der Waals surface area (Å²) in [5.41, 5.74) is 1.41. The lowest BCUT2D eigenvalue weighted by atomic mass is 10.0. The Morgan fingerprint density at radius 3 is 2.50 bits per heavy atom. The third kappa shape index (κ3) is 3.26. The molecule has 1 heterocycles. The first-order valence-corrected chi connectivity index (χ1v) is 6.71. The van der Waals surface area contributed by atoms with Crippen molar-refractivity contribution in [3.63, 3.8) is 0 Å². The van der Waals surface area contributed by atoms with Crippen LogP contribution in [0.2, 0.25) is 0 Å². The largest absolute Gasteiger partial charge is 0.449 e. The Morgan fingerprint density at radius 2 is 1.69 bits per heavy atom. The second-order valence-corrected chi connectivity index (χ2v) is 4.72. The molecule has 0 radical (unpaired) electrons. The molecule has 16 heavy (non-hydrogen) atoms. The molecule has 0 atom stereocenters. The van der Waals surface area contributed by atoms with Gasteiger partial charge in [-0.25, -0.2) is 0 Å². The molecule has 0 spiro atoms. The Labute approximate surface area is 98.8 Å². The second kappa shape index (κ2) is 5.93. The summed E-state index contributed by atoms with van der Waals surface area (Å²) in [6.07, 6.45) is 10.8. The molecule has 1 nitrogen and oxygen atoms in total. The molecule has 1 heteroatoms. The molecule has 2 rings (SSSR count). The van der Waals surface area contributed by atoms with Crippen molar-refractivity contribution >= 4 is 0 Å². The number of hydrogen-bond acceptors (Lipinski definition) is 1. The molecular formula is C15H22O. The molecule has 0 aromatic heterocycles. The highest BCUT2D eigenvalue weighted by Crippen LogP contribution is 2.48. The SMILES string of the molecule is CCCCCCCCCc1cccc2c1O2. The Kier molecular flexibility index (Phi) is 4.26. The van der Waals surface area contributed by atoms with Crippen LogP contribution in [0, 0.1) is 0 Å². The normalized spacial score (nSPS) is 12.1. The number of para-hydroxylation sites is 1. The van der Waals surface area contributed by atoms with Crippen LogP contribution in [0.3, 0.4) is 0 Å². The highest BCUT2D eigenvalue weighted by molar-refractivity contribution is 5.59. The van der Waals surface area contributed by atoms with E-state index in [9.17, 15) is 0 Å². The van der Waals surface area contributed by atoms with Gasteiger partial charge in [-0.1, -0.05) is 57.6 Å². The molecule has 1 aliphatic rings. The van der Waals surface area contributed by atoms with Crippen molar-refractivity contribution in [3.05, 3.63) is 23.8 Å². The van der Waals surface area contributed by atoms with Gasteiger partial charge in [0, 0.05) is 0 Å². The summed E-state index contributed by atoms with van der Waals surface area (Å²) < 4.78 is 5.38. The average molecular weight is 218 g/mol. The van der Waals surface area contributed by atoms with Crippen molar-refractivity contribution in [1.29, 1.82) is 0 Å². The molecule has 1 aromatic rings. The first-order valence-electron chi connectivity index (χ1n) is 6.71. The van der Waals surface area contributed by atoms with Crippen LogP contribution in [0.4, 0.5) is 0 Å². The Morgan fingerprint density at radius 1 is 0.938 bits per heavy atom. The van der Waals surface area contributed by atoms with Crippen LogP contribution < -0.4 is 4.74 Å². The van der Waals surface area contributed by atoms with Crippen LogP contribution in [-0.2, 0) is 6.42 Å². The number of hydrogen-bond donors (Lipinski definition) is 0. The Hall–Kier alpha value is -0.980. The smallest absolute Gasteiger partial charge is 0.173 e. The van der Waals surface area contributed by atoms with Crippen molar-refractivity contribution in [2.75, 3.05) is 0 Å². The van der Waals surface area contributed by atoms with Gasteiger partial charge < -0.3 is 4.74 Å². The minimum Gasteiger partial charge on any atom is -0.449 e. The molecule has 0 bridgehead atoms. The molecule has 0 fully saturated rings. The fourth-order valence-corrected chi connectivity index (χ4v) is 2.21. The number of aryl methyl sites for hydroxylation is 1. The molecule has 1 aromatic carbocycles. The number of ether oxygens (including phenoxy) is 1. The highest BCUT2D eigenvalue weighted by Gasteiger charge is 2.22. The third-order valence-electron chi connectivity index (χ3n) is 3.28. The summed E-state index contributed by atoms with van der Waals surface area (Å²) in [4.78, 5) is 0. The summed E-state index contributed by atoms with van der Waals surface area (Å²) >= 11 is 0. The lowest BCUT2D eigenvalue weighted by Crippen LogP contribution is -1.84. The molecule has 1 aliphatic heterocycles. The van der Waals surface area contributed by atoms with E-state index in [0.717, 1.165) is 11.5 Å². The summed E-state index contributed by atoms with van der Waals surface area (Å²) in [7, 11) is 0. The van der Waals surface area contributed by atoms with Gasteiger partial charge in [-0.15, -0.1) is 0 Å². The molecule has 88 valence electrons. The fraction of sp³-hybridized carbons (Fsp3) is 0.600. The number of rotatable bonds is 8. The predicted octanol–water partition coefficient (Wildman–Crippen LogP) is 5.09. The van der Waals surface area contributed by atoms with E-state index < -0.39 is 0 Å². The maximum atomic E-state index is 5.38. The first kappa shape index (κ1) is 11.5. The topological polar surface area (TPSA) is 12.5 Å². The maximum absolute atomic E-state index is 5.38. The lowest BCUT2D eigenvalue weighted by Gasteiger charge is -2.00. The summed E-state index contributed by atoms with van der Waals surface area (Å²) in [5.74, 6) is 2.26. The molecule has 0 saturated heterocycles. The van der Waals surface area contributed by atoms with E-state index in [-0.39, 0.29) is 0 Å². The van der Waals surface area contributed by atoms with E-state index >= 15 is 0 Å². The van der Waals surface area contributed by atoms with Crippen molar-refractivity contribution in [2.24, 2.45) is 0 Å². The Balaban J connectivity index is 1.54. The second-order valence-electron chi connectivity index (χ2n) is 4.72. The van der Waals surface area contributed by atoms with Crippen LogP contribution in [0.25, 0.3) is 0 Å². The quantitative estimate of drug-likeness (QED) is 0.444. The van der Waals surface area contributed by atoms with Gasteiger partial charge in [0.15, 0.2) is 11.5 Å². The van der Waals surface area contributed by atoms with E-state index in [0.29, 0.717) is 0 Å². The van der Waals surface area contributed by atoms with Crippen LogP contribution in [-0.4, -0.2) is 0 Å². The molecular weight excluding hydrogens is 196 g/mol. The van der Waals surface area contributed by atoms with Gasteiger partial charge >= 0.3 is 0 Å². The maximum Gasteiger partial charge on any atom is 0.173 e. The standard InChI is InChI=1S/C15H22O/c1-2-3-4-5-6-7-8-10-13-11-9-12-14-15(13)16-14/h9,11-12H,2-8,10H2,1H3. The van der Waals surface area contributed by atoms with Gasteiger partial charge in [-0.2, -0.15) is 0 Å². The van der Waals surface area contributed by atoms with E-state index in [1.807, 2.05) is 6.07 Å². The minimum atomic E-state index is 1.10. The highest BCUT2D eigenvalue weighted by atomic mass is 16.6. The van der Waals surface area contributed by atoms with Gasteiger partial charge in [-0.05, 0) is 24.5 Å². The zero-order valence-electron chi connectivity index (χ0n) is 10.3. The fourth-order valence-electron chi connectivity index (χ4n) is 2.21. The monoisotopic (exact) mass is 218 g/mol. The first-order chi connectivity index (χ1) is 7.92. The summed E-state index contributed by atoms with van der Waals surface area (Å²) in [5, 5.41) is 0. The molecule has 0 unspecified atom stereocenters. The van der Waals surface area contributed by atoms with Crippen molar-refractivity contribution in [2.45, 2.75) is 58.3 Å². The van der Waals surface area contributed by atoms with E-state index in [1.54, 1.807) is 0 Å². The summed E-state index contributed by atoms with van der Waals surface area (Å²) in [6.45, 7) is 2.27. The van der Waals surface area contributed by atoms with E-state index in [2.05, 4.69) is 19.1 Å². The Bertz CT molecular complexity index is 330. The van der Waals surface area contributed by atoms with Crippen LogP contribution in [0.5, 0.6) is 11.5 Å². The van der Waals surface area contributed by atoms with E-state index in [4.69, 9.17) is 4.74 Å². The van der Waals surface area contributed by atoms with Crippen molar-refractivity contribution < 1.29 is 4.74 Å². The number of unbranched alkanes of at least 4 members (excludes halogenated alkanes) is 6. The van der Waals surface area contributed by atoms with Crippen LogP contribution in [0.1, 0.15) is 57.4 Å². The summed E-state index contributed by atoms with van der Waals surface area (Å²) in [6, 6.07) is 6.34. The van der Waals surface area contributed by atoms with Gasteiger partial charge in [0.25, 0.3) is 0 Å². The minimum absolute atomic E-state index is 1.10. The predicted molar refractivity (Wildman–Crippen MR) is 68.2 cm³/mol. The number of benzene rings is 1. The van der Waals surface area contributed by atoms with Gasteiger partial charge in [0.05, 0.1) is 0 Å². The van der Waals surface area contributed by atoms with E-state index in [1.165, 1.54) is 56.9 Å². The average Bonchev–Trinajstić information content (AvgIpc) is 3.07. The lowest BCUT2D eigenvalue weighted by molar-refractivity contribution is 0.586. The third-order valence-corrected chi connectivity index (χ3v) is 3.28. The van der Waals surface area contributed by atoms with Gasteiger partial charge in [-0.3, -0.25) is 0 Å². The van der Waals surface area contributed by atoms with Crippen LogP contribution >= 0.6 is 0 Å². The molecule has 0 amide bonds. The van der Waals surface area contributed by atoms with Gasteiger partial charge in [0.1, 0.15) is 0 Å². The molecule has 0 N–H and O–H groups in total. The van der Waals surface area contributed by atoms with Crippen molar-refractivity contribution in [1.82, 2.24) is 0 Å². The zero-order chi connectivity index (χ0) is 11.2. The number of fused-ring (bicyclic) bond motifs is 1. The van der Waals surface area contributed by atoms with Gasteiger partial charge in [0.2, 0.25) is 0 Å². The van der Waals surface area contributed by atoms with Crippen LogP contribution in [0.15, 0.2) is 18.2 Å².